The lowest BCUT2D eigenvalue weighted by atomic mass is 10.1. The van der Waals surface area contributed by atoms with E-state index in [0.29, 0.717) is 19.5 Å². The van der Waals surface area contributed by atoms with Gasteiger partial charge in [-0.3, -0.25) is 0 Å². The van der Waals surface area contributed by atoms with Crippen molar-refractivity contribution in [2.75, 3.05) is 13.7 Å². The lowest BCUT2D eigenvalue weighted by Gasteiger charge is -2.15. The summed E-state index contributed by atoms with van der Waals surface area (Å²) in [5, 5.41) is 13.5. The van der Waals surface area contributed by atoms with E-state index in [1.807, 2.05) is 42.5 Å². The first kappa shape index (κ1) is 16.8. The smallest absolute Gasteiger partial charge is 0.127 e. The number of aliphatic hydroxyl groups excluding tert-OH is 1. The molecule has 1 aliphatic rings. The van der Waals surface area contributed by atoms with Crippen LogP contribution in [0.25, 0.3) is 0 Å². The fraction of sp³-hybridized carbons (Fsp3) is 0.400. The van der Waals surface area contributed by atoms with Crippen molar-refractivity contribution in [3.05, 3.63) is 59.2 Å². The third-order valence-corrected chi connectivity index (χ3v) is 4.29. The maximum atomic E-state index is 10.2. The van der Waals surface area contributed by atoms with Crippen LogP contribution < -0.4 is 14.8 Å². The van der Waals surface area contributed by atoms with Gasteiger partial charge < -0.3 is 19.9 Å². The highest BCUT2D eigenvalue weighted by atomic mass is 16.5. The molecule has 0 saturated heterocycles. The fourth-order valence-corrected chi connectivity index (χ4v) is 3.16. The van der Waals surface area contributed by atoms with E-state index in [4.69, 9.17) is 9.47 Å². The predicted molar refractivity (Wildman–Crippen MR) is 94.6 cm³/mol. The van der Waals surface area contributed by atoms with Crippen LogP contribution >= 0.6 is 0 Å². The first-order chi connectivity index (χ1) is 11.7. The molecule has 0 saturated carbocycles. The second-order valence-corrected chi connectivity index (χ2v) is 6.38. The van der Waals surface area contributed by atoms with Crippen molar-refractivity contribution < 1.29 is 14.6 Å². The number of benzene rings is 2. The van der Waals surface area contributed by atoms with E-state index in [2.05, 4.69) is 12.2 Å². The normalized spacial score (nSPS) is 17.2. The molecule has 0 bridgehead atoms. The van der Waals surface area contributed by atoms with Crippen LogP contribution in [0, 0.1) is 0 Å². The van der Waals surface area contributed by atoms with Gasteiger partial charge in [-0.1, -0.05) is 30.3 Å². The molecular formula is C20H25NO3. The zero-order valence-electron chi connectivity index (χ0n) is 14.3. The Kier molecular flexibility index (Phi) is 5.38. The van der Waals surface area contributed by atoms with Gasteiger partial charge in [0.2, 0.25) is 0 Å². The summed E-state index contributed by atoms with van der Waals surface area (Å²) in [7, 11) is 1.68. The Labute approximate surface area is 143 Å². The van der Waals surface area contributed by atoms with Gasteiger partial charge in [-0.25, -0.2) is 0 Å². The van der Waals surface area contributed by atoms with Crippen LogP contribution in [-0.4, -0.2) is 31.0 Å². The molecule has 4 heteroatoms. The third-order valence-electron chi connectivity index (χ3n) is 4.29. The summed E-state index contributed by atoms with van der Waals surface area (Å²) in [6, 6.07) is 14.1. The lowest BCUT2D eigenvalue weighted by Crippen LogP contribution is -2.28. The highest BCUT2D eigenvalue weighted by Gasteiger charge is 2.23. The predicted octanol–water partition coefficient (Wildman–Crippen LogP) is 2.71. The summed E-state index contributed by atoms with van der Waals surface area (Å²) in [5.41, 5.74) is 3.43. The Morgan fingerprint density at radius 2 is 2.08 bits per heavy atom. The van der Waals surface area contributed by atoms with Crippen molar-refractivity contribution in [1.82, 2.24) is 5.32 Å². The lowest BCUT2D eigenvalue weighted by molar-refractivity contribution is 0.171. The average molecular weight is 327 g/mol. The molecule has 3 rings (SSSR count). The molecule has 0 aliphatic carbocycles. The van der Waals surface area contributed by atoms with E-state index in [1.165, 1.54) is 5.56 Å². The molecule has 0 aromatic heterocycles. The van der Waals surface area contributed by atoms with Crippen LogP contribution in [0.4, 0.5) is 0 Å². The van der Waals surface area contributed by atoms with E-state index in [9.17, 15) is 5.11 Å². The van der Waals surface area contributed by atoms with Gasteiger partial charge in [0.1, 0.15) is 17.6 Å². The zero-order chi connectivity index (χ0) is 16.9. The summed E-state index contributed by atoms with van der Waals surface area (Å²) in [6.07, 6.45) is 1.36. The standard InChI is InChI=1S/C20H25NO3/c1-14-8-16-10-19(23-2)11-17(20(16)24-14)12-21-13-18(22)9-15-6-4-3-5-7-15/h3-7,10-11,14,18,21-22H,8-9,12-13H2,1-2H3. The molecule has 24 heavy (non-hydrogen) atoms. The Hall–Kier alpha value is -2.04. The molecule has 4 nitrogen and oxygen atoms in total. The Morgan fingerprint density at radius 3 is 2.83 bits per heavy atom. The zero-order valence-corrected chi connectivity index (χ0v) is 14.3. The molecular weight excluding hydrogens is 302 g/mol. The van der Waals surface area contributed by atoms with Crippen molar-refractivity contribution in [1.29, 1.82) is 0 Å². The molecule has 2 N–H and O–H groups in total. The topological polar surface area (TPSA) is 50.7 Å². The monoisotopic (exact) mass is 327 g/mol. The quantitative estimate of drug-likeness (QED) is 0.821. The first-order valence-electron chi connectivity index (χ1n) is 8.45. The van der Waals surface area contributed by atoms with Gasteiger partial charge in [0.15, 0.2) is 0 Å². The van der Waals surface area contributed by atoms with Crippen LogP contribution in [0.3, 0.4) is 0 Å². The minimum absolute atomic E-state index is 0.203. The molecule has 2 aromatic carbocycles. The summed E-state index contributed by atoms with van der Waals surface area (Å²) >= 11 is 0. The Balaban J connectivity index is 1.58. The Bertz CT molecular complexity index is 672. The highest BCUT2D eigenvalue weighted by Crippen LogP contribution is 2.36. The number of methoxy groups -OCH3 is 1. The Morgan fingerprint density at radius 1 is 1.29 bits per heavy atom. The number of rotatable bonds is 7. The van der Waals surface area contributed by atoms with Gasteiger partial charge in [0.05, 0.1) is 13.2 Å². The number of ether oxygens (including phenoxy) is 2. The number of nitrogens with one attached hydrogen (secondary N) is 1. The van der Waals surface area contributed by atoms with Crippen molar-refractivity contribution in [2.24, 2.45) is 0 Å². The molecule has 2 unspecified atom stereocenters. The van der Waals surface area contributed by atoms with E-state index in [0.717, 1.165) is 29.0 Å². The van der Waals surface area contributed by atoms with Crippen molar-refractivity contribution >= 4 is 0 Å². The number of hydrogen-bond acceptors (Lipinski definition) is 4. The maximum absolute atomic E-state index is 10.2. The third kappa shape index (κ3) is 4.08. The first-order valence-corrected chi connectivity index (χ1v) is 8.45. The molecule has 1 aliphatic heterocycles. The van der Waals surface area contributed by atoms with Gasteiger partial charge in [0.25, 0.3) is 0 Å². The van der Waals surface area contributed by atoms with E-state index in [1.54, 1.807) is 7.11 Å². The van der Waals surface area contributed by atoms with E-state index in [-0.39, 0.29) is 6.10 Å². The van der Waals surface area contributed by atoms with Crippen LogP contribution in [0.1, 0.15) is 23.6 Å². The summed E-state index contributed by atoms with van der Waals surface area (Å²) in [4.78, 5) is 0. The maximum Gasteiger partial charge on any atom is 0.127 e. The van der Waals surface area contributed by atoms with Gasteiger partial charge in [0, 0.05) is 30.6 Å². The number of fused-ring (bicyclic) bond motifs is 1. The second kappa shape index (κ2) is 7.69. The molecule has 2 atom stereocenters. The largest absolute Gasteiger partial charge is 0.497 e. The van der Waals surface area contributed by atoms with Gasteiger partial charge in [-0.05, 0) is 31.0 Å². The van der Waals surface area contributed by atoms with Gasteiger partial charge in [-0.2, -0.15) is 0 Å². The minimum Gasteiger partial charge on any atom is -0.497 e. The molecule has 0 radical (unpaired) electrons. The number of aliphatic hydroxyl groups is 1. The molecule has 0 fully saturated rings. The van der Waals surface area contributed by atoms with E-state index < -0.39 is 6.10 Å². The minimum atomic E-state index is -0.411. The van der Waals surface area contributed by atoms with Crippen LogP contribution in [0.15, 0.2) is 42.5 Å². The average Bonchev–Trinajstić information content (AvgIpc) is 2.96. The van der Waals surface area contributed by atoms with Crippen LogP contribution in [-0.2, 0) is 19.4 Å². The highest BCUT2D eigenvalue weighted by molar-refractivity contribution is 5.49. The molecule has 0 amide bonds. The molecule has 0 spiro atoms. The summed E-state index contributed by atoms with van der Waals surface area (Å²) in [5.74, 6) is 1.82. The number of hydrogen-bond donors (Lipinski definition) is 2. The SMILES string of the molecule is COc1cc(CNCC(O)Cc2ccccc2)c2c(c1)CC(C)O2. The van der Waals surface area contributed by atoms with Crippen molar-refractivity contribution in [2.45, 2.75) is 38.5 Å². The summed E-state index contributed by atoms with van der Waals surface area (Å²) in [6.45, 7) is 3.27. The second-order valence-electron chi connectivity index (χ2n) is 6.38. The van der Waals surface area contributed by atoms with Gasteiger partial charge >= 0.3 is 0 Å². The summed E-state index contributed by atoms with van der Waals surface area (Å²) < 4.78 is 11.3. The molecule has 2 aromatic rings. The van der Waals surface area contributed by atoms with Crippen LogP contribution in [0.2, 0.25) is 0 Å². The molecule has 1 heterocycles. The van der Waals surface area contributed by atoms with E-state index >= 15 is 0 Å². The van der Waals surface area contributed by atoms with Gasteiger partial charge in [-0.15, -0.1) is 0 Å². The fourth-order valence-electron chi connectivity index (χ4n) is 3.16. The van der Waals surface area contributed by atoms with Crippen molar-refractivity contribution in [3.8, 4) is 11.5 Å². The van der Waals surface area contributed by atoms with Crippen LogP contribution in [0.5, 0.6) is 11.5 Å². The molecule has 128 valence electrons. The van der Waals surface area contributed by atoms with Crippen molar-refractivity contribution in [3.63, 3.8) is 0 Å².